The van der Waals surface area contributed by atoms with Gasteiger partial charge in [0, 0.05) is 12.3 Å². The van der Waals surface area contributed by atoms with Crippen LogP contribution in [-0.2, 0) is 9.53 Å². The fourth-order valence-electron chi connectivity index (χ4n) is 10.9. The van der Waals surface area contributed by atoms with E-state index in [0.717, 1.165) is 51.4 Å². The average molecular weight is 521 g/mol. The molecular weight excluding hydrogens is 464 g/mol. The summed E-state index contributed by atoms with van der Waals surface area (Å²) in [5.41, 5.74) is -1.49. The number of hydrogen-bond donors (Lipinski definition) is 3. The maximum absolute atomic E-state index is 11.9. The van der Waals surface area contributed by atoms with Crippen molar-refractivity contribution in [1.29, 1.82) is 0 Å². The van der Waals surface area contributed by atoms with E-state index in [1.807, 2.05) is 20.8 Å². The zero-order valence-electron chi connectivity index (χ0n) is 25.2. The fourth-order valence-corrected chi connectivity index (χ4v) is 10.9. The molecule has 4 rings (SSSR count). The summed E-state index contributed by atoms with van der Waals surface area (Å²) in [5, 5.41) is 33.8. The van der Waals surface area contributed by atoms with Gasteiger partial charge in [-0.05, 0) is 125 Å². The molecule has 10 atom stereocenters. The van der Waals surface area contributed by atoms with Crippen molar-refractivity contribution in [2.24, 2.45) is 45.3 Å². The van der Waals surface area contributed by atoms with Gasteiger partial charge in [0.2, 0.25) is 0 Å². The molecule has 37 heavy (non-hydrogen) atoms. The number of hydrogen-bond acceptors (Lipinski definition) is 5. The van der Waals surface area contributed by atoms with Crippen LogP contribution in [0, 0.1) is 45.3 Å². The summed E-state index contributed by atoms with van der Waals surface area (Å²) >= 11 is 0. The third-order valence-corrected chi connectivity index (χ3v) is 12.9. The fraction of sp³-hybridized carbons (Fsp3) is 0.969. The zero-order chi connectivity index (χ0) is 27.8. The van der Waals surface area contributed by atoms with Crippen LogP contribution in [0.25, 0.3) is 0 Å². The number of carbonyl (C=O) groups is 1. The number of aliphatic hydroxyl groups excluding tert-OH is 1. The van der Waals surface area contributed by atoms with Crippen LogP contribution in [0.4, 0.5) is 0 Å². The molecule has 4 aliphatic rings. The Morgan fingerprint density at radius 3 is 2.11 bits per heavy atom. The van der Waals surface area contributed by atoms with Crippen molar-refractivity contribution in [3.8, 4) is 0 Å². The predicted octanol–water partition coefficient (Wildman–Crippen LogP) is 6.27. The lowest BCUT2D eigenvalue weighted by atomic mass is 9.35. The number of fused-ring (bicyclic) bond motifs is 5. The monoisotopic (exact) mass is 520 g/mol. The first-order chi connectivity index (χ1) is 16.8. The summed E-state index contributed by atoms with van der Waals surface area (Å²) in [4.78, 5) is 11.9. The van der Waals surface area contributed by atoms with Crippen molar-refractivity contribution in [2.45, 2.75) is 150 Å². The molecule has 0 heterocycles. The van der Waals surface area contributed by atoms with Crippen LogP contribution in [0.3, 0.4) is 0 Å². The summed E-state index contributed by atoms with van der Waals surface area (Å²) in [7, 11) is 0. The highest BCUT2D eigenvalue weighted by atomic mass is 16.5. The smallest absolute Gasteiger partial charge is 0.302 e. The second kappa shape index (κ2) is 9.20. The van der Waals surface area contributed by atoms with Crippen molar-refractivity contribution < 1.29 is 24.9 Å². The van der Waals surface area contributed by atoms with Gasteiger partial charge in [-0.25, -0.2) is 0 Å². The summed E-state index contributed by atoms with van der Waals surface area (Å²) in [5.74, 6) is 0.847. The molecule has 0 radical (unpaired) electrons. The van der Waals surface area contributed by atoms with Gasteiger partial charge in [0.1, 0.15) is 6.10 Å². The Hall–Kier alpha value is -0.650. The van der Waals surface area contributed by atoms with E-state index in [4.69, 9.17) is 4.74 Å². The predicted molar refractivity (Wildman–Crippen MR) is 147 cm³/mol. The summed E-state index contributed by atoms with van der Waals surface area (Å²) in [6.07, 6.45) is 8.63. The van der Waals surface area contributed by atoms with Gasteiger partial charge < -0.3 is 20.1 Å². The molecule has 4 aliphatic carbocycles. The van der Waals surface area contributed by atoms with Crippen molar-refractivity contribution in [3.05, 3.63) is 0 Å². The van der Waals surface area contributed by atoms with Gasteiger partial charge in [-0.3, -0.25) is 4.79 Å². The van der Waals surface area contributed by atoms with Crippen LogP contribution in [0.15, 0.2) is 0 Å². The molecule has 214 valence electrons. The highest BCUT2D eigenvalue weighted by molar-refractivity contribution is 5.66. The molecule has 0 saturated heterocycles. The second-order valence-corrected chi connectivity index (χ2v) is 15.9. The average Bonchev–Trinajstić information content (AvgIpc) is 3.12. The molecule has 3 N–H and O–H groups in total. The van der Waals surface area contributed by atoms with Crippen LogP contribution < -0.4 is 0 Å². The van der Waals surface area contributed by atoms with Crippen molar-refractivity contribution in [1.82, 2.24) is 0 Å². The van der Waals surface area contributed by atoms with E-state index in [1.54, 1.807) is 0 Å². The molecule has 0 unspecified atom stereocenters. The van der Waals surface area contributed by atoms with Crippen molar-refractivity contribution in [3.63, 3.8) is 0 Å². The molecule has 0 aliphatic heterocycles. The van der Waals surface area contributed by atoms with E-state index in [0.29, 0.717) is 24.7 Å². The van der Waals surface area contributed by atoms with Gasteiger partial charge in [-0.1, -0.05) is 34.6 Å². The maximum Gasteiger partial charge on any atom is 0.302 e. The van der Waals surface area contributed by atoms with Gasteiger partial charge in [-0.2, -0.15) is 0 Å². The quantitative estimate of drug-likeness (QED) is 0.360. The lowest BCUT2D eigenvalue weighted by molar-refractivity contribution is -0.249. The molecule has 4 fully saturated rings. The minimum absolute atomic E-state index is 0.0227. The van der Waals surface area contributed by atoms with Crippen molar-refractivity contribution >= 4 is 5.97 Å². The molecule has 0 aromatic rings. The molecule has 4 saturated carbocycles. The highest BCUT2D eigenvalue weighted by Gasteiger charge is 2.71. The lowest BCUT2D eigenvalue weighted by Crippen LogP contribution is -2.66. The van der Waals surface area contributed by atoms with Gasteiger partial charge in [0.15, 0.2) is 0 Å². The van der Waals surface area contributed by atoms with E-state index >= 15 is 0 Å². The summed E-state index contributed by atoms with van der Waals surface area (Å²) in [6.45, 7) is 19.2. The lowest BCUT2D eigenvalue weighted by Gasteiger charge is -2.70. The van der Waals surface area contributed by atoms with E-state index in [9.17, 15) is 20.1 Å². The van der Waals surface area contributed by atoms with E-state index in [2.05, 4.69) is 34.6 Å². The minimum Gasteiger partial charge on any atom is -0.462 e. The number of esters is 1. The summed E-state index contributed by atoms with van der Waals surface area (Å²) in [6, 6.07) is 0. The zero-order valence-corrected chi connectivity index (χ0v) is 25.2. The molecule has 5 heteroatoms. The topological polar surface area (TPSA) is 87.0 Å². The van der Waals surface area contributed by atoms with E-state index in [-0.39, 0.29) is 45.6 Å². The number of carbonyl (C=O) groups excluding carboxylic acids is 1. The Morgan fingerprint density at radius 2 is 1.51 bits per heavy atom. The van der Waals surface area contributed by atoms with Crippen molar-refractivity contribution in [2.75, 3.05) is 0 Å². The Morgan fingerprint density at radius 1 is 0.892 bits per heavy atom. The largest absolute Gasteiger partial charge is 0.462 e. The molecule has 0 spiro atoms. The Bertz CT molecular complexity index is 873. The Labute approximate surface area is 226 Å². The third-order valence-electron chi connectivity index (χ3n) is 12.9. The van der Waals surface area contributed by atoms with E-state index in [1.165, 1.54) is 6.92 Å². The van der Waals surface area contributed by atoms with Crippen LogP contribution in [0.5, 0.6) is 0 Å². The van der Waals surface area contributed by atoms with Gasteiger partial charge in [0.25, 0.3) is 0 Å². The second-order valence-electron chi connectivity index (χ2n) is 15.9. The molecular formula is C32H56O5. The van der Waals surface area contributed by atoms with Crippen LogP contribution >= 0.6 is 0 Å². The Balaban J connectivity index is 1.61. The first-order valence-electron chi connectivity index (χ1n) is 15.1. The first kappa shape index (κ1) is 29.3. The van der Waals surface area contributed by atoms with E-state index < -0.39 is 17.3 Å². The standard InChI is InChI=1S/C32H56O5/c1-20(33)37-25-13-16-29(6)23(28(25,4)5)12-18-30(7)24(29)19-22(34)26-21(11-17-31(26,30)8)32(9,36)15-10-14-27(2,3)35/h21-26,34-36H,10-19H2,1-9H3/t21-,22+,23-,24+,25-,26-,29-,30+,31+,32-/m0/s1. The number of ether oxygens (including phenoxy) is 1. The molecule has 0 bridgehead atoms. The minimum atomic E-state index is -0.844. The number of aliphatic hydroxyl groups is 3. The summed E-state index contributed by atoms with van der Waals surface area (Å²) < 4.78 is 5.84. The van der Waals surface area contributed by atoms with Gasteiger partial charge >= 0.3 is 5.97 Å². The molecule has 0 amide bonds. The number of rotatable bonds is 6. The van der Waals surface area contributed by atoms with Crippen LogP contribution in [0.1, 0.15) is 127 Å². The first-order valence-corrected chi connectivity index (χ1v) is 15.1. The molecule has 0 aromatic heterocycles. The molecule has 5 nitrogen and oxygen atoms in total. The SMILES string of the molecule is CC(=O)O[C@H]1CC[C@]2(C)[C@H]3C[C@@H](O)[C@@H]4[C@@H]([C@@](C)(O)CCCC(C)(C)O)CC[C@@]4(C)[C@]3(C)CC[C@H]2C1(C)C. The highest BCUT2D eigenvalue weighted by Crippen LogP contribution is 2.75. The molecule has 0 aromatic carbocycles. The normalized spacial score (nSPS) is 46.8. The Kier molecular flexibility index (Phi) is 7.29. The van der Waals surface area contributed by atoms with Crippen LogP contribution in [0.2, 0.25) is 0 Å². The van der Waals surface area contributed by atoms with Gasteiger partial charge in [0.05, 0.1) is 17.3 Å². The van der Waals surface area contributed by atoms with Crippen LogP contribution in [-0.4, -0.2) is 44.7 Å². The van der Waals surface area contributed by atoms with Gasteiger partial charge in [-0.15, -0.1) is 0 Å². The maximum atomic E-state index is 11.9. The third kappa shape index (κ3) is 4.61.